The lowest BCUT2D eigenvalue weighted by atomic mass is 9.82. The fourth-order valence-electron chi connectivity index (χ4n) is 3.57. The van der Waals surface area contributed by atoms with E-state index in [1.807, 2.05) is 11.8 Å². The van der Waals surface area contributed by atoms with Crippen molar-refractivity contribution in [3.63, 3.8) is 0 Å². The summed E-state index contributed by atoms with van der Waals surface area (Å²) in [6.07, 6.45) is 5.22. The van der Waals surface area contributed by atoms with Gasteiger partial charge in [0, 0.05) is 17.3 Å². The van der Waals surface area contributed by atoms with Gasteiger partial charge in [0.1, 0.15) is 0 Å². The SMILES string of the molecule is CSC1CCCCC1NC1CCCCC1C(F)(F)F. The Balaban J connectivity index is 1.98. The van der Waals surface area contributed by atoms with Crippen LogP contribution in [0.4, 0.5) is 13.2 Å². The molecule has 0 heterocycles. The number of hydrogen-bond acceptors (Lipinski definition) is 2. The first-order valence-electron chi connectivity index (χ1n) is 7.38. The predicted octanol–water partition coefficient (Wildman–Crippen LogP) is 4.37. The lowest BCUT2D eigenvalue weighted by Crippen LogP contribution is -2.52. The quantitative estimate of drug-likeness (QED) is 0.829. The lowest BCUT2D eigenvalue weighted by Gasteiger charge is -2.39. The van der Waals surface area contributed by atoms with Crippen LogP contribution in [0.15, 0.2) is 0 Å². The van der Waals surface area contributed by atoms with Gasteiger partial charge < -0.3 is 5.32 Å². The van der Waals surface area contributed by atoms with Crippen LogP contribution in [0.2, 0.25) is 0 Å². The number of nitrogens with one attached hydrogen (secondary N) is 1. The van der Waals surface area contributed by atoms with Crippen LogP contribution in [-0.4, -0.2) is 29.8 Å². The summed E-state index contributed by atoms with van der Waals surface area (Å²) in [7, 11) is 0. The van der Waals surface area contributed by atoms with Crippen molar-refractivity contribution in [3.05, 3.63) is 0 Å². The van der Waals surface area contributed by atoms with E-state index in [9.17, 15) is 13.2 Å². The maximum Gasteiger partial charge on any atom is 0.393 e. The second kappa shape index (κ2) is 6.70. The molecule has 2 fully saturated rings. The van der Waals surface area contributed by atoms with E-state index in [4.69, 9.17) is 0 Å². The summed E-state index contributed by atoms with van der Waals surface area (Å²) >= 11 is 1.81. The van der Waals surface area contributed by atoms with Gasteiger partial charge in [-0.15, -0.1) is 0 Å². The average molecular weight is 295 g/mol. The van der Waals surface area contributed by atoms with Gasteiger partial charge in [-0.3, -0.25) is 0 Å². The van der Waals surface area contributed by atoms with Gasteiger partial charge in [0.05, 0.1) is 5.92 Å². The smallest absolute Gasteiger partial charge is 0.310 e. The molecular weight excluding hydrogens is 271 g/mol. The highest BCUT2D eigenvalue weighted by Gasteiger charge is 2.46. The minimum Gasteiger partial charge on any atom is -0.310 e. The Hall–Kier alpha value is 0.100. The Morgan fingerprint density at radius 2 is 1.47 bits per heavy atom. The summed E-state index contributed by atoms with van der Waals surface area (Å²) in [5.74, 6) is -1.13. The van der Waals surface area contributed by atoms with Gasteiger partial charge in [0.25, 0.3) is 0 Å². The average Bonchev–Trinajstić information content (AvgIpc) is 2.39. The predicted molar refractivity (Wildman–Crippen MR) is 74.5 cm³/mol. The van der Waals surface area contributed by atoms with Crippen LogP contribution in [0.5, 0.6) is 0 Å². The van der Waals surface area contributed by atoms with Crippen molar-refractivity contribution in [1.29, 1.82) is 0 Å². The molecule has 0 aliphatic heterocycles. The van der Waals surface area contributed by atoms with Crippen LogP contribution in [0.25, 0.3) is 0 Å². The van der Waals surface area contributed by atoms with Crippen molar-refractivity contribution in [2.75, 3.05) is 6.26 Å². The molecule has 2 saturated carbocycles. The number of rotatable bonds is 3. The number of thioether (sulfide) groups is 1. The highest BCUT2D eigenvalue weighted by molar-refractivity contribution is 7.99. The molecule has 0 spiro atoms. The number of hydrogen-bond donors (Lipinski definition) is 1. The molecule has 2 aliphatic rings. The molecule has 0 saturated heterocycles. The molecule has 2 aliphatic carbocycles. The van der Waals surface area contributed by atoms with Crippen LogP contribution in [0, 0.1) is 5.92 Å². The van der Waals surface area contributed by atoms with Crippen LogP contribution >= 0.6 is 11.8 Å². The molecule has 2 rings (SSSR count). The topological polar surface area (TPSA) is 12.0 Å². The van der Waals surface area contributed by atoms with Crippen LogP contribution in [0.3, 0.4) is 0 Å². The summed E-state index contributed by atoms with van der Waals surface area (Å²) < 4.78 is 39.2. The Kier molecular flexibility index (Phi) is 5.46. The fraction of sp³-hybridized carbons (Fsp3) is 1.00. The van der Waals surface area contributed by atoms with E-state index in [-0.39, 0.29) is 12.1 Å². The highest BCUT2D eigenvalue weighted by atomic mass is 32.2. The van der Waals surface area contributed by atoms with E-state index >= 15 is 0 Å². The molecule has 0 aromatic carbocycles. The summed E-state index contributed by atoms with van der Waals surface area (Å²) in [6.45, 7) is 0. The zero-order valence-electron chi connectivity index (χ0n) is 11.5. The van der Waals surface area contributed by atoms with Gasteiger partial charge in [0.2, 0.25) is 0 Å². The third-order valence-corrected chi connectivity index (χ3v) is 5.79. The number of halogens is 3. The molecule has 1 N–H and O–H groups in total. The maximum atomic E-state index is 13.1. The first kappa shape index (κ1) is 15.5. The fourth-order valence-corrected chi connectivity index (χ4v) is 4.51. The summed E-state index contributed by atoms with van der Waals surface area (Å²) in [4.78, 5) is 0. The third kappa shape index (κ3) is 4.03. The highest BCUT2D eigenvalue weighted by Crippen LogP contribution is 2.39. The molecule has 112 valence electrons. The molecule has 0 aromatic heterocycles. The van der Waals surface area contributed by atoms with Crippen molar-refractivity contribution < 1.29 is 13.2 Å². The van der Waals surface area contributed by atoms with Gasteiger partial charge >= 0.3 is 6.18 Å². The Labute approximate surface area is 118 Å². The summed E-state index contributed by atoms with van der Waals surface area (Å²) in [5.41, 5.74) is 0. The van der Waals surface area contributed by atoms with Crippen LogP contribution < -0.4 is 5.32 Å². The molecule has 4 unspecified atom stereocenters. The van der Waals surface area contributed by atoms with Crippen LogP contribution in [0.1, 0.15) is 51.4 Å². The van der Waals surface area contributed by atoms with Crippen molar-refractivity contribution in [1.82, 2.24) is 5.32 Å². The molecular formula is C14H24F3NS. The van der Waals surface area contributed by atoms with E-state index in [0.29, 0.717) is 18.1 Å². The molecule has 0 radical (unpaired) electrons. The van der Waals surface area contributed by atoms with Gasteiger partial charge in [0.15, 0.2) is 0 Å². The molecule has 0 amide bonds. The van der Waals surface area contributed by atoms with E-state index in [0.717, 1.165) is 32.1 Å². The number of alkyl halides is 3. The molecule has 1 nitrogen and oxygen atoms in total. The maximum absolute atomic E-state index is 13.1. The van der Waals surface area contributed by atoms with Crippen molar-refractivity contribution in [2.45, 2.75) is 74.9 Å². The van der Waals surface area contributed by atoms with Gasteiger partial charge in [-0.2, -0.15) is 24.9 Å². The molecule has 5 heteroatoms. The Bertz CT molecular complexity index is 282. The minimum atomic E-state index is -4.04. The Morgan fingerprint density at radius 1 is 0.895 bits per heavy atom. The van der Waals surface area contributed by atoms with Gasteiger partial charge in [-0.1, -0.05) is 25.7 Å². The van der Waals surface area contributed by atoms with Crippen LogP contribution in [-0.2, 0) is 0 Å². The minimum absolute atomic E-state index is 0.275. The van der Waals surface area contributed by atoms with E-state index in [1.54, 1.807) is 0 Å². The summed E-state index contributed by atoms with van der Waals surface area (Å²) in [6, 6.07) is -0.0804. The third-order valence-electron chi connectivity index (χ3n) is 4.62. The van der Waals surface area contributed by atoms with E-state index in [1.165, 1.54) is 6.42 Å². The normalized spacial score (nSPS) is 37.3. The van der Waals surface area contributed by atoms with Gasteiger partial charge in [-0.05, 0) is 31.9 Å². The first-order chi connectivity index (χ1) is 9.02. The second-order valence-electron chi connectivity index (χ2n) is 5.87. The van der Waals surface area contributed by atoms with Crippen molar-refractivity contribution >= 4 is 11.8 Å². The molecule has 0 bridgehead atoms. The monoisotopic (exact) mass is 295 g/mol. The Morgan fingerprint density at radius 3 is 2.11 bits per heavy atom. The zero-order chi connectivity index (χ0) is 13.9. The van der Waals surface area contributed by atoms with E-state index in [2.05, 4.69) is 11.6 Å². The van der Waals surface area contributed by atoms with Crippen molar-refractivity contribution in [2.24, 2.45) is 5.92 Å². The molecule has 19 heavy (non-hydrogen) atoms. The molecule has 4 atom stereocenters. The largest absolute Gasteiger partial charge is 0.393 e. The first-order valence-corrected chi connectivity index (χ1v) is 8.66. The lowest BCUT2D eigenvalue weighted by molar-refractivity contribution is -0.189. The van der Waals surface area contributed by atoms with Gasteiger partial charge in [-0.25, -0.2) is 0 Å². The standard InChI is InChI=1S/C14H24F3NS/c1-19-13-9-5-4-8-12(13)18-11-7-3-2-6-10(11)14(15,16)17/h10-13,18H,2-9H2,1H3. The summed E-state index contributed by atoms with van der Waals surface area (Å²) in [5, 5.41) is 3.86. The van der Waals surface area contributed by atoms with Crippen molar-refractivity contribution in [3.8, 4) is 0 Å². The second-order valence-corrected chi connectivity index (χ2v) is 6.95. The molecule has 0 aromatic rings. The zero-order valence-corrected chi connectivity index (χ0v) is 12.3. The van der Waals surface area contributed by atoms with E-state index < -0.39 is 12.1 Å².